The van der Waals surface area contributed by atoms with E-state index in [-0.39, 0.29) is 48.3 Å². The summed E-state index contributed by atoms with van der Waals surface area (Å²) >= 11 is 0. The average molecular weight is 920 g/mol. The number of carbonyl (C=O) groups excluding carboxylic acids is 5. The Balaban J connectivity index is 1.81. The summed E-state index contributed by atoms with van der Waals surface area (Å²) in [5.74, 6) is -4.97. The topological polar surface area (TPSA) is 201 Å². The van der Waals surface area contributed by atoms with Gasteiger partial charge in [-0.15, -0.1) is 0 Å². The second-order valence-corrected chi connectivity index (χ2v) is 18.9. The summed E-state index contributed by atoms with van der Waals surface area (Å²) in [6, 6.07) is 7.68. The van der Waals surface area contributed by atoms with Gasteiger partial charge >= 0.3 is 24.1 Å². The monoisotopic (exact) mass is 919 g/mol. The maximum Gasteiger partial charge on any atom is 0.516 e. The van der Waals surface area contributed by atoms with Gasteiger partial charge in [0.05, 0.1) is 47.5 Å². The van der Waals surface area contributed by atoms with Crippen molar-refractivity contribution in [1.82, 2.24) is 4.90 Å². The number of likely N-dealkylation sites (N-methyl/N-ethyl adjacent to an activating group) is 1. The number of Topliss-reactive ketones (excluding diaryl/α,β-unsaturated/α-hetero) is 1. The van der Waals surface area contributed by atoms with Crippen molar-refractivity contribution in [1.29, 1.82) is 0 Å². The summed E-state index contributed by atoms with van der Waals surface area (Å²) in [7, 11) is 6.69. The van der Waals surface area contributed by atoms with Gasteiger partial charge in [-0.05, 0) is 106 Å². The Morgan fingerprint density at radius 3 is 2.05 bits per heavy atom. The lowest BCUT2D eigenvalue weighted by Gasteiger charge is -2.50. The summed E-state index contributed by atoms with van der Waals surface area (Å²) in [5.41, 5.74) is -3.88. The summed E-state index contributed by atoms with van der Waals surface area (Å²) in [4.78, 5) is 68.9. The van der Waals surface area contributed by atoms with Crippen LogP contribution in [0.5, 0.6) is 0 Å². The van der Waals surface area contributed by atoms with Crippen molar-refractivity contribution in [2.75, 3.05) is 28.3 Å². The zero-order chi connectivity index (χ0) is 48.8. The van der Waals surface area contributed by atoms with Gasteiger partial charge in [0.25, 0.3) is 0 Å². The smallest absolute Gasteiger partial charge is 0.459 e. The van der Waals surface area contributed by atoms with Crippen LogP contribution in [0.1, 0.15) is 112 Å². The molecule has 0 aliphatic carbocycles. The van der Waals surface area contributed by atoms with E-state index in [0.717, 1.165) is 0 Å². The SMILES string of the molecule is CC[C@H]1OC(=O)[C@H](C)[C@@H](O[C@H]2C[C@@](C)(OC)[C@@H](OC(=O)OC(=O)c3ccccc3)[C@H](C)O2)[C@H](C)[C@@H](O[C@@H]2O[C@H](C)C[C@H](N(C)C)[C@H]2OC(C)=O)[C@](C)(OC)C[C@@H](C)C(=O)/C(C)=C/[C@]1(C)O. The number of aliphatic hydroxyl groups is 1. The molecule has 16 atom stereocenters. The summed E-state index contributed by atoms with van der Waals surface area (Å²) < 4.78 is 61.9. The van der Waals surface area contributed by atoms with Crippen LogP contribution in [-0.4, -0.2) is 146 Å². The van der Waals surface area contributed by atoms with Gasteiger partial charge in [-0.25, -0.2) is 9.59 Å². The Morgan fingerprint density at radius 2 is 1.48 bits per heavy atom. The van der Waals surface area contributed by atoms with Gasteiger partial charge in [0, 0.05) is 39.4 Å². The van der Waals surface area contributed by atoms with Crippen LogP contribution in [0, 0.1) is 17.8 Å². The van der Waals surface area contributed by atoms with Crippen molar-refractivity contribution in [3.05, 3.63) is 47.5 Å². The Labute approximate surface area is 384 Å². The molecule has 0 spiro atoms. The molecule has 2 saturated heterocycles. The predicted octanol–water partition coefficient (Wildman–Crippen LogP) is 5.96. The highest BCUT2D eigenvalue weighted by molar-refractivity contribution is 5.96. The predicted molar refractivity (Wildman–Crippen MR) is 235 cm³/mol. The molecule has 2 fully saturated rings. The average Bonchev–Trinajstić information content (AvgIpc) is 3.24. The van der Waals surface area contributed by atoms with E-state index in [0.29, 0.717) is 6.42 Å². The Morgan fingerprint density at radius 1 is 0.862 bits per heavy atom. The number of benzene rings is 1. The van der Waals surface area contributed by atoms with E-state index in [9.17, 15) is 29.1 Å². The first kappa shape index (κ1) is 53.8. The molecule has 3 aliphatic rings. The Bertz CT molecular complexity index is 1840. The minimum absolute atomic E-state index is 0.0410. The van der Waals surface area contributed by atoms with Gasteiger partial charge in [0.2, 0.25) is 0 Å². The molecule has 0 bridgehead atoms. The van der Waals surface area contributed by atoms with Gasteiger partial charge in [0.1, 0.15) is 17.3 Å². The molecule has 1 N–H and O–H groups in total. The van der Waals surface area contributed by atoms with Crippen LogP contribution in [-0.2, 0) is 61.8 Å². The lowest BCUT2D eigenvalue weighted by molar-refractivity contribution is -0.320. The van der Waals surface area contributed by atoms with Gasteiger partial charge in [-0.3, -0.25) is 14.4 Å². The molecule has 0 amide bonds. The van der Waals surface area contributed by atoms with E-state index in [1.165, 1.54) is 46.3 Å². The molecule has 3 heterocycles. The second-order valence-electron chi connectivity index (χ2n) is 18.9. The fraction of sp³-hybridized carbons (Fsp3) is 0.729. The highest BCUT2D eigenvalue weighted by Gasteiger charge is 2.54. The third kappa shape index (κ3) is 13.0. The van der Waals surface area contributed by atoms with Crippen molar-refractivity contribution in [3.63, 3.8) is 0 Å². The molecule has 0 radical (unpaired) electrons. The number of hydrogen-bond donors (Lipinski definition) is 1. The molecular weight excluding hydrogens is 847 g/mol. The van der Waals surface area contributed by atoms with Crippen LogP contribution in [0.3, 0.4) is 0 Å². The van der Waals surface area contributed by atoms with E-state index < -0.39 is 108 Å². The van der Waals surface area contributed by atoms with Crippen molar-refractivity contribution in [2.24, 2.45) is 17.8 Å². The molecule has 17 heteroatoms. The number of methoxy groups -OCH3 is 2. The number of hydrogen-bond acceptors (Lipinski definition) is 17. The van der Waals surface area contributed by atoms with E-state index in [4.69, 9.17) is 47.4 Å². The highest BCUT2D eigenvalue weighted by Crippen LogP contribution is 2.42. The molecule has 1 aromatic rings. The minimum atomic E-state index is -1.72. The molecule has 0 saturated carbocycles. The van der Waals surface area contributed by atoms with Crippen LogP contribution >= 0.6 is 0 Å². The number of ketones is 1. The second kappa shape index (κ2) is 22.3. The molecule has 366 valence electrons. The van der Waals surface area contributed by atoms with Gasteiger partial charge in [-0.2, -0.15) is 0 Å². The van der Waals surface area contributed by atoms with Gasteiger partial charge in [0.15, 0.2) is 30.6 Å². The normalized spacial score (nSPS) is 39.6. The zero-order valence-electron chi connectivity index (χ0n) is 40.8. The molecule has 4 rings (SSSR count). The van der Waals surface area contributed by atoms with Crippen molar-refractivity contribution < 1.29 is 76.4 Å². The zero-order valence-corrected chi connectivity index (χ0v) is 40.8. The third-order valence-corrected chi connectivity index (χ3v) is 13.2. The molecule has 17 nitrogen and oxygen atoms in total. The van der Waals surface area contributed by atoms with Crippen LogP contribution in [0.15, 0.2) is 42.0 Å². The number of carbonyl (C=O) groups is 5. The number of rotatable bonds is 11. The lowest BCUT2D eigenvalue weighted by atomic mass is 9.76. The first-order valence-corrected chi connectivity index (χ1v) is 22.5. The first-order chi connectivity index (χ1) is 30.3. The van der Waals surface area contributed by atoms with Crippen LogP contribution in [0.25, 0.3) is 0 Å². The molecule has 0 unspecified atom stereocenters. The quantitative estimate of drug-likeness (QED) is 0.155. The lowest BCUT2D eigenvalue weighted by Crippen LogP contribution is -2.61. The third-order valence-electron chi connectivity index (χ3n) is 13.2. The number of esters is 3. The van der Waals surface area contributed by atoms with Crippen LogP contribution in [0.4, 0.5) is 4.79 Å². The first-order valence-electron chi connectivity index (χ1n) is 22.5. The van der Waals surface area contributed by atoms with E-state index in [2.05, 4.69) is 0 Å². The largest absolute Gasteiger partial charge is 0.516 e. The summed E-state index contributed by atoms with van der Waals surface area (Å²) in [5, 5.41) is 11.7. The number of allylic oxidation sites excluding steroid dienone is 1. The molecular formula is C48H73NO16. The minimum Gasteiger partial charge on any atom is -0.459 e. The van der Waals surface area contributed by atoms with E-state index in [1.807, 2.05) is 32.8 Å². The Hall–Kier alpha value is -3.81. The molecule has 3 aliphatic heterocycles. The fourth-order valence-electron chi connectivity index (χ4n) is 9.61. The molecule has 65 heavy (non-hydrogen) atoms. The number of ether oxygens (including phenoxy) is 10. The maximum atomic E-state index is 14.5. The van der Waals surface area contributed by atoms with E-state index >= 15 is 0 Å². The van der Waals surface area contributed by atoms with Crippen molar-refractivity contribution in [2.45, 2.75) is 180 Å². The standard InChI is InChI=1S/C48H73NO16/c1-16-35-46(9,55)23-26(2)37(51)27(3)24-47(10,56-14)40(63-44-39(60-32(8)50)34(49(12)13)22-28(4)58-44)29(5)38(30(6)42(52)61-35)62-36-25-48(11,57-15)41(31(7)59-36)64-45(54)65-43(53)33-20-18-17-19-21-33/h17-21,23,27-31,34-36,38-41,44,55H,16,22,24-25H2,1-15H3/b26-23+/t27-,28-,29+,30-,31+,34+,35-,36+,38+,39-,40-,41+,44+,46+,47-,48-/m1/s1. The molecule has 1 aromatic carbocycles. The summed E-state index contributed by atoms with van der Waals surface area (Å²) in [6.07, 6.45) is -7.69. The van der Waals surface area contributed by atoms with Crippen molar-refractivity contribution >= 4 is 29.8 Å². The summed E-state index contributed by atoms with van der Waals surface area (Å²) in [6.45, 7) is 18.4. The van der Waals surface area contributed by atoms with E-state index in [1.54, 1.807) is 66.7 Å². The fourth-order valence-corrected chi connectivity index (χ4v) is 9.61. The Kier molecular flexibility index (Phi) is 18.5. The van der Waals surface area contributed by atoms with Crippen LogP contribution in [0.2, 0.25) is 0 Å². The highest BCUT2D eigenvalue weighted by atomic mass is 16.8. The van der Waals surface area contributed by atoms with Gasteiger partial charge in [-0.1, -0.05) is 39.0 Å². The number of nitrogens with zero attached hydrogens (tertiary/aromatic N) is 1. The van der Waals surface area contributed by atoms with Gasteiger partial charge < -0.3 is 57.4 Å². The van der Waals surface area contributed by atoms with Crippen molar-refractivity contribution in [3.8, 4) is 0 Å². The molecule has 0 aromatic heterocycles. The maximum absolute atomic E-state index is 14.5. The number of cyclic esters (lactones) is 1. The van der Waals surface area contributed by atoms with Crippen LogP contribution < -0.4 is 0 Å².